The van der Waals surface area contributed by atoms with Gasteiger partial charge in [0.05, 0.1) is 11.0 Å². The average Bonchev–Trinajstić information content (AvgIpc) is 2.92. The van der Waals surface area contributed by atoms with E-state index in [2.05, 4.69) is 22.7 Å². The number of nitrogens with zero attached hydrogens (tertiary/aromatic N) is 2. The highest BCUT2D eigenvalue weighted by atomic mass is 14.9. The first-order valence-corrected chi connectivity index (χ1v) is 5.85. The molecule has 0 unspecified atom stereocenters. The Hall–Kier alpha value is -1.35. The van der Waals surface area contributed by atoms with Gasteiger partial charge in [-0.05, 0) is 43.4 Å². The van der Waals surface area contributed by atoms with Gasteiger partial charge in [-0.25, -0.2) is 0 Å². The summed E-state index contributed by atoms with van der Waals surface area (Å²) in [5, 5.41) is 0. The summed E-state index contributed by atoms with van der Waals surface area (Å²) in [6.07, 6.45) is 8.54. The first-order valence-electron chi connectivity index (χ1n) is 5.85. The van der Waals surface area contributed by atoms with E-state index < -0.39 is 0 Å². The fourth-order valence-corrected chi connectivity index (χ4v) is 2.12. The number of rotatable bonds is 3. The van der Waals surface area contributed by atoms with Crippen molar-refractivity contribution in [3.05, 3.63) is 30.1 Å². The van der Waals surface area contributed by atoms with Crippen LogP contribution in [0, 0.1) is 0 Å². The topological polar surface area (TPSA) is 43.8 Å². The number of fused-ring (bicyclic) bond motifs is 1. The summed E-state index contributed by atoms with van der Waals surface area (Å²) in [5.74, 6) is 0. The van der Waals surface area contributed by atoms with Gasteiger partial charge in [0.15, 0.2) is 0 Å². The molecule has 0 atom stereocenters. The molecule has 84 valence electrons. The smallest absolute Gasteiger partial charge is 0.0881 e. The molecule has 3 heteroatoms. The normalized spacial score (nSPS) is 17.9. The Bertz CT molecular complexity index is 523. The van der Waals surface area contributed by atoms with E-state index >= 15 is 0 Å². The summed E-state index contributed by atoms with van der Waals surface area (Å²) in [7, 11) is 2.05. The summed E-state index contributed by atoms with van der Waals surface area (Å²) in [6, 6.07) is 4.28. The fraction of sp³-hybridized carbons (Fsp3) is 0.462. The van der Waals surface area contributed by atoms with Crippen LogP contribution in [0.15, 0.2) is 24.5 Å². The van der Waals surface area contributed by atoms with E-state index in [1.54, 1.807) is 0 Å². The molecule has 0 radical (unpaired) electrons. The number of nitrogens with two attached hydrogens (primary N) is 1. The van der Waals surface area contributed by atoms with E-state index in [-0.39, 0.29) is 5.54 Å². The molecule has 16 heavy (non-hydrogen) atoms. The van der Waals surface area contributed by atoms with Crippen molar-refractivity contribution in [2.75, 3.05) is 0 Å². The zero-order chi connectivity index (χ0) is 11.2. The Morgan fingerprint density at radius 1 is 1.50 bits per heavy atom. The molecule has 1 aliphatic rings. The molecule has 1 fully saturated rings. The van der Waals surface area contributed by atoms with Gasteiger partial charge in [-0.3, -0.25) is 4.98 Å². The van der Waals surface area contributed by atoms with Crippen LogP contribution in [0.25, 0.3) is 11.0 Å². The third-order valence-corrected chi connectivity index (χ3v) is 3.59. The van der Waals surface area contributed by atoms with Gasteiger partial charge < -0.3 is 10.3 Å². The molecule has 1 aliphatic carbocycles. The summed E-state index contributed by atoms with van der Waals surface area (Å²) in [5.41, 5.74) is 9.81. The highest BCUT2D eigenvalue weighted by Gasteiger charge is 2.37. The number of hydrogen-bond donors (Lipinski definition) is 1. The van der Waals surface area contributed by atoms with Gasteiger partial charge >= 0.3 is 0 Å². The lowest BCUT2D eigenvalue weighted by atomic mass is 10.1. The predicted octanol–water partition coefficient (Wildman–Crippen LogP) is 2.00. The van der Waals surface area contributed by atoms with Crippen LogP contribution in [-0.2, 0) is 13.5 Å². The zero-order valence-corrected chi connectivity index (χ0v) is 9.61. The first-order chi connectivity index (χ1) is 7.66. The molecule has 2 heterocycles. The summed E-state index contributed by atoms with van der Waals surface area (Å²) >= 11 is 0. The second kappa shape index (κ2) is 3.32. The summed E-state index contributed by atoms with van der Waals surface area (Å²) in [4.78, 5) is 4.46. The van der Waals surface area contributed by atoms with Crippen molar-refractivity contribution in [3.63, 3.8) is 0 Å². The second-order valence-corrected chi connectivity index (χ2v) is 5.04. The van der Waals surface area contributed by atoms with Crippen LogP contribution in [0.1, 0.15) is 24.8 Å². The van der Waals surface area contributed by atoms with Crippen LogP contribution >= 0.6 is 0 Å². The van der Waals surface area contributed by atoms with Crippen LogP contribution in [0.4, 0.5) is 0 Å². The van der Waals surface area contributed by atoms with Crippen molar-refractivity contribution < 1.29 is 0 Å². The zero-order valence-electron chi connectivity index (χ0n) is 9.61. The van der Waals surface area contributed by atoms with Gasteiger partial charge in [0.1, 0.15) is 0 Å². The van der Waals surface area contributed by atoms with E-state index in [1.165, 1.54) is 23.9 Å². The molecule has 0 saturated heterocycles. The monoisotopic (exact) mass is 215 g/mol. The van der Waals surface area contributed by atoms with Crippen molar-refractivity contribution >= 4 is 11.0 Å². The number of aryl methyl sites for hydroxylation is 2. The molecular formula is C13H17N3. The van der Waals surface area contributed by atoms with Gasteiger partial charge in [-0.1, -0.05) is 0 Å². The molecular weight excluding hydrogens is 198 g/mol. The standard InChI is InChI=1S/C13H17N3/c1-16-7-3-11-12(16)8-10(9-15-11)2-4-13(14)5-6-13/h3,7-9H,2,4-6,14H2,1H3. The lowest BCUT2D eigenvalue weighted by Gasteiger charge is -2.08. The van der Waals surface area contributed by atoms with E-state index in [4.69, 9.17) is 5.73 Å². The fourth-order valence-electron chi connectivity index (χ4n) is 2.12. The lowest BCUT2D eigenvalue weighted by Crippen LogP contribution is -2.22. The van der Waals surface area contributed by atoms with E-state index in [0.29, 0.717) is 0 Å². The maximum atomic E-state index is 6.09. The van der Waals surface area contributed by atoms with E-state index in [9.17, 15) is 0 Å². The van der Waals surface area contributed by atoms with Crippen LogP contribution in [0.2, 0.25) is 0 Å². The molecule has 2 N–H and O–H groups in total. The van der Waals surface area contributed by atoms with E-state index in [0.717, 1.165) is 18.4 Å². The molecule has 0 aliphatic heterocycles. The van der Waals surface area contributed by atoms with Gasteiger partial charge in [-0.2, -0.15) is 0 Å². The summed E-state index contributed by atoms with van der Waals surface area (Å²) < 4.78 is 2.11. The quantitative estimate of drug-likeness (QED) is 0.851. The number of pyridine rings is 1. The first kappa shape index (κ1) is 9.85. The van der Waals surface area contributed by atoms with Crippen molar-refractivity contribution in [1.82, 2.24) is 9.55 Å². The van der Waals surface area contributed by atoms with Crippen LogP contribution < -0.4 is 5.73 Å². The highest BCUT2D eigenvalue weighted by Crippen LogP contribution is 2.36. The molecule has 2 aromatic heterocycles. The van der Waals surface area contributed by atoms with Crippen LogP contribution in [-0.4, -0.2) is 15.1 Å². The number of aromatic nitrogens is 2. The minimum Gasteiger partial charge on any atom is -0.349 e. The Labute approximate surface area is 95.3 Å². The SMILES string of the molecule is Cn1ccc2ncc(CCC3(N)CC3)cc21. The minimum atomic E-state index is 0.142. The maximum Gasteiger partial charge on any atom is 0.0881 e. The van der Waals surface area contributed by atoms with Gasteiger partial charge in [-0.15, -0.1) is 0 Å². The Morgan fingerprint density at radius 3 is 3.06 bits per heavy atom. The summed E-state index contributed by atoms with van der Waals surface area (Å²) in [6.45, 7) is 0. The molecule has 0 aromatic carbocycles. The third kappa shape index (κ3) is 1.71. The van der Waals surface area contributed by atoms with Crippen molar-refractivity contribution in [1.29, 1.82) is 0 Å². The Morgan fingerprint density at radius 2 is 2.31 bits per heavy atom. The maximum absolute atomic E-state index is 6.09. The second-order valence-electron chi connectivity index (χ2n) is 5.04. The number of hydrogen-bond acceptors (Lipinski definition) is 2. The third-order valence-electron chi connectivity index (χ3n) is 3.59. The van der Waals surface area contributed by atoms with Gasteiger partial charge in [0.2, 0.25) is 0 Å². The molecule has 1 saturated carbocycles. The highest BCUT2D eigenvalue weighted by molar-refractivity contribution is 5.76. The van der Waals surface area contributed by atoms with Crippen LogP contribution in [0.3, 0.4) is 0 Å². The van der Waals surface area contributed by atoms with E-state index in [1.807, 2.05) is 18.5 Å². The average molecular weight is 215 g/mol. The Kier molecular flexibility index (Phi) is 2.04. The van der Waals surface area contributed by atoms with Gasteiger partial charge in [0.25, 0.3) is 0 Å². The molecule has 0 bridgehead atoms. The Balaban J connectivity index is 1.83. The largest absolute Gasteiger partial charge is 0.349 e. The van der Waals surface area contributed by atoms with Crippen molar-refractivity contribution in [3.8, 4) is 0 Å². The van der Waals surface area contributed by atoms with Crippen LogP contribution in [0.5, 0.6) is 0 Å². The molecule has 3 nitrogen and oxygen atoms in total. The molecule has 0 spiro atoms. The molecule has 2 aromatic rings. The van der Waals surface area contributed by atoms with Crippen molar-refractivity contribution in [2.24, 2.45) is 12.8 Å². The minimum absolute atomic E-state index is 0.142. The van der Waals surface area contributed by atoms with Crippen molar-refractivity contribution in [2.45, 2.75) is 31.2 Å². The van der Waals surface area contributed by atoms with Gasteiger partial charge in [0, 0.05) is 25.0 Å². The lowest BCUT2D eigenvalue weighted by molar-refractivity contribution is 0.609. The molecule has 0 amide bonds. The molecule has 3 rings (SSSR count). The predicted molar refractivity (Wildman–Crippen MR) is 65.2 cm³/mol.